The minimum absolute atomic E-state index is 0.177. The van der Waals surface area contributed by atoms with E-state index in [4.69, 9.17) is 18.8 Å². The summed E-state index contributed by atoms with van der Waals surface area (Å²) in [6.07, 6.45) is 0.170. The van der Waals surface area contributed by atoms with Gasteiger partial charge in [0.25, 0.3) is 0 Å². The summed E-state index contributed by atoms with van der Waals surface area (Å²) < 4.78 is 23.1. The number of piperidine rings is 1. The Balaban J connectivity index is 2.17. The van der Waals surface area contributed by atoms with Crippen LogP contribution in [-0.4, -0.2) is 60.6 Å². The maximum Gasteiger partial charge on any atom is 0.462 e. The van der Waals surface area contributed by atoms with Crippen molar-refractivity contribution in [3.8, 4) is 0 Å². The molecule has 8 heteroatoms. The van der Waals surface area contributed by atoms with Gasteiger partial charge in [0.15, 0.2) is 0 Å². The van der Waals surface area contributed by atoms with Crippen LogP contribution >= 0.6 is 0 Å². The third kappa shape index (κ3) is 4.96. The van der Waals surface area contributed by atoms with Crippen molar-refractivity contribution in [2.45, 2.75) is 84.4 Å². The molecule has 2 aliphatic heterocycles. The molecule has 0 bridgehead atoms. The molecular weight excluding hydrogens is 349 g/mol. The number of esters is 1. The molecule has 0 radical (unpaired) electrons. The van der Waals surface area contributed by atoms with Gasteiger partial charge in [0.2, 0.25) is 0 Å². The number of hydrogen-bond acceptors (Lipinski definition) is 6. The van der Waals surface area contributed by atoms with Crippen molar-refractivity contribution >= 4 is 19.2 Å². The number of rotatable bonds is 3. The number of likely N-dealkylation sites (tertiary alicyclic amines) is 1. The Hall–Kier alpha value is -1.28. The Kier molecular flexibility index (Phi) is 6.22. The quantitative estimate of drug-likeness (QED) is 0.550. The third-order valence-corrected chi connectivity index (χ3v) is 5.53. The number of hydrogen-bond donors (Lipinski definition) is 0. The molecule has 2 fully saturated rings. The van der Waals surface area contributed by atoms with Gasteiger partial charge in [-0.1, -0.05) is 0 Å². The molecule has 0 N–H and O–H groups in total. The number of carbonyl (C=O) groups is 2. The molecule has 0 spiro atoms. The summed E-state index contributed by atoms with van der Waals surface area (Å²) in [6.45, 7) is 16.2. The lowest BCUT2D eigenvalue weighted by molar-refractivity contribution is -0.150. The molecule has 154 valence electrons. The third-order valence-electron chi connectivity index (χ3n) is 5.53. The molecule has 1 amide bonds. The van der Waals surface area contributed by atoms with Crippen molar-refractivity contribution in [3.05, 3.63) is 0 Å². The van der Waals surface area contributed by atoms with E-state index in [1.807, 2.05) is 48.5 Å². The number of carbonyl (C=O) groups excluding carboxylic acids is 2. The lowest BCUT2D eigenvalue weighted by Crippen LogP contribution is -2.50. The standard InChI is InChI=1S/C19H34BNO6/c1-9-24-15(22)13-12-21(16(23)25-17(2,3)4)11-10-14(13)20-26-18(5,6)19(7,8)27-20/h13-14H,9-12H2,1-8H3. The number of ether oxygens (including phenoxy) is 2. The Morgan fingerprint density at radius 2 is 1.70 bits per heavy atom. The molecule has 27 heavy (non-hydrogen) atoms. The maximum atomic E-state index is 12.6. The second kappa shape index (κ2) is 7.62. The van der Waals surface area contributed by atoms with Crippen LogP contribution in [0.4, 0.5) is 4.79 Å². The van der Waals surface area contributed by atoms with E-state index in [0.29, 0.717) is 13.0 Å². The van der Waals surface area contributed by atoms with E-state index in [1.54, 1.807) is 11.8 Å². The highest BCUT2D eigenvalue weighted by Crippen LogP contribution is 2.44. The SMILES string of the molecule is CCOC(=O)C1CN(C(=O)OC(C)(C)C)CCC1B1OC(C)(C)C(C)(C)O1. The van der Waals surface area contributed by atoms with Gasteiger partial charge in [0.1, 0.15) is 5.60 Å². The van der Waals surface area contributed by atoms with Gasteiger partial charge in [-0.05, 0) is 61.8 Å². The smallest absolute Gasteiger partial charge is 0.462 e. The van der Waals surface area contributed by atoms with Crippen molar-refractivity contribution in [1.29, 1.82) is 0 Å². The Labute approximate surface area is 163 Å². The minimum Gasteiger partial charge on any atom is -0.466 e. The number of nitrogens with zero attached hydrogens (tertiary/aromatic N) is 1. The topological polar surface area (TPSA) is 74.3 Å². The van der Waals surface area contributed by atoms with E-state index in [2.05, 4.69) is 0 Å². The largest absolute Gasteiger partial charge is 0.466 e. The fourth-order valence-corrected chi connectivity index (χ4v) is 3.35. The molecule has 0 saturated carbocycles. The van der Waals surface area contributed by atoms with Crippen LogP contribution < -0.4 is 0 Å². The van der Waals surface area contributed by atoms with Gasteiger partial charge in [-0.2, -0.15) is 0 Å². The average Bonchev–Trinajstić information content (AvgIpc) is 2.73. The Morgan fingerprint density at radius 3 is 2.19 bits per heavy atom. The van der Waals surface area contributed by atoms with Gasteiger partial charge in [0, 0.05) is 18.9 Å². The highest BCUT2D eigenvalue weighted by atomic mass is 16.7. The normalized spacial score (nSPS) is 27.4. The lowest BCUT2D eigenvalue weighted by atomic mass is 9.61. The van der Waals surface area contributed by atoms with Crippen LogP contribution in [0.2, 0.25) is 5.82 Å². The Morgan fingerprint density at radius 1 is 1.15 bits per heavy atom. The van der Waals surface area contributed by atoms with Crippen molar-refractivity contribution in [2.75, 3.05) is 19.7 Å². The van der Waals surface area contributed by atoms with Crippen molar-refractivity contribution < 1.29 is 28.4 Å². The first-order valence-electron chi connectivity index (χ1n) is 9.77. The van der Waals surface area contributed by atoms with Crippen LogP contribution in [0.25, 0.3) is 0 Å². The zero-order valence-corrected chi connectivity index (χ0v) is 18.0. The summed E-state index contributed by atoms with van der Waals surface area (Å²) in [5, 5.41) is 0. The van der Waals surface area contributed by atoms with E-state index in [-0.39, 0.29) is 24.9 Å². The molecule has 2 saturated heterocycles. The van der Waals surface area contributed by atoms with Crippen LogP contribution in [-0.2, 0) is 23.6 Å². The minimum atomic E-state index is -0.584. The molecule has 2 rings (SSSR count). The zero-order valence-electron chi connectivity index (χ0n) is 18.0. The van der Waals surface area contributed by atoms with Gasteiger partial charge in [-0.3, -0.25) is 4.79 Å². The fourth-order valence-electron chi connectivity index (χ4n) is 3.35. The van der Waals surface area contributed by atoms with Crippen molar-refractivity contribution in [3.63, 3.8) is 0 Å². The molecule has 2 heterocycles. The van der Waals surface area contributed by atoms with Crippen LogP contribution in [0.15, 0.2) is 0 Å². The van der Waals surface area contributed by atoms with Crippen LogP contribution in [0.5, 0.6) is 0 Å². The van der Waals surface area contributed by atoms with Gasteiger partial charge in [0.05, 0.1) is 23.7 Å². The molecular formula is C19H34BNO6. The van der Waals surface area contributed by atoms with Crippen molar-refractivity contribution in [2.24, 2.45) is 5.92 Å². The molecule has 2 aliphatic rings. The highest BCUT2D eigenvalue weighted by Gasteiger charge is 2.57. The molecule has 0 aromatic heterocycles. The number of amides is 1. The molecule has 7 nitrogen and oxygen atoms in total. The van der Waals surface area contributed by atoms with Crippen LogP contribution in [0, 0.1) is 5.92 Å². The average molecular weight is 383 g/mol. The maximum absolute atomic E-state index is 12.6. The van der Waals surface area contributed by atoms with Gasteiger partial charge in [-0.25, -0.2) is 4.79 Å². The molecule has 2 atom stereocenters. The van der Waals surface area contributed by atoms with Gasteiger partial charge < -0.3 is 23.7 Å². The van der Waals surface area contributed by atoms with E-state index in [1.165, 1.54) is 0 Å². The first-order valence-corrected chi connectivity index (χ1v) is 9.77. The first-order chi connectivity index (χ1) is 12.3. The molecule has 0 aromatic rings. The summed E-state index contributed by atoms with van der Waals surface area (Å²) in [4.78, 5) is 26.7. The molecule has 2 unspecified atom stereocenters. The summed E-state index contributed by atoms with van der Waals surface area (Å²) in [5.41, 5.74) is -1.53. The van der Waals surface area contributed by atoms with Gasteiger partial charge >= 0.3 is 19.2 Å². The fraction of sp³-hybridized carbons (Fsp3) is 0.895. The second-order valence-corrected chi connectivity index (χ2v) is 9.36. The van der Waals surface area contributed by atoms with E-state index >= 15 is 0 Å². The second-order valence-electron chi connectivity index (χ2n) is 9.36. The predicted octanol–water partition coefficient (Wildman–Crippen LogP) is 3.27. The van der Waals surface area contributed by atoms with E-state index in [0.717, 1.165) is 0 Å². The first kappa shape index (κ1) is 22.0. The summed E-state index contributed by atoms with van der Waals surface area (Å²) >= 11 is 0. The zero-order chi connectivity index (χ0) is 20.6. The molecule has 0 aromatic carbocycles. The highest BCUT2D eigenvalue weighted by molar-refractivity contribution is 6.48. The molecule has 0 aliphatic carbocycles. The summed E-state index contributed by atoms with van der Waals surface area (Å²) in [6, 6.07) is 0. The van der Waals surface area contributed by atoms with Crippen molar-refractivity contribution in [1.82, 2.24) is 4.90 Å². The summed E-state index contributed by atoms with van der Waals surface area (Å²) in [5.74, 6) is -1.02. The monoisotopic (exact) mass is 383 g/mol. The summed E-state index contributed by atoms with van der Waals surface area (Å²) in [7, 11) is -0.509. The Bertz CT molecular complexity index is 555. The van der Waals surface area contributed by atoms with Crippen LogP contribution in [0.3, 0.4) is 0 Å². The predicted molar refractivity (Wildman–Crippen MR) is 102 cm³/mol. The van der Waals surface area contributed by atoms with Crippen LogP contribution in [0.1, 0.15) is 61.8 Å². The lowest BCUT2D eigenvalue weighted by Gasteiger charge is -2.38. The van der Waals surface area contributed by atoms with Gasteiger partial charge in [-0.15, -0.1) is 0 Å². The van der Waals surface area contributed by atoms with E-state index in [9.17, 15) is 9.59 Å². The van der Waals surface area contributed by atoms with E-state index < -0.39 is 35.9 Å².